The van der Waals surface area contributed by atoms with Gasteiger partial charge in [-0.25, -0.2) is 4.39 Å². The van der Waals surface area contributed by atoms with E-state index in [2.05, 4.69) is 5.32 Å². The molecule has 0 amide bonds. The summed E-state index contributed by atoms with van der Waals surface area (Å²) in [4.78, 5) is 0. The minimum Gasteiger partial charge on any atom is -0.397 e. The van der Waals surface area contributed by atoms with Gasteiger partial charge >= 0.3 is 0 Å². The predicted octanol–water partition coefficient (Wildman–Crippen LogP) is 4.60. The Bertz CT molecular complexity index is 800. The van der Waals surface area contributed by atoms with Crippen LogP contribution in [0, 0.1) is 5.82 Å². The number of hydrogen-bond acceptors (Lipinski definition) is 4. The third kappa shape index (κ3) is 2.15. The minimum absolute atomic E-state index is 0.125. The van der Waals surface area contributed by atoms with Crippen LogP contribution in [-0.4, -0.2) is 0 Å². The zero-order valence-electron chi connectivity index (χ0n) is 10.3. The van der Waals surface area contributed by atoms with Crippen LogP contribution in [-0.2, 0) is 0 Å². The van der Waals surface area contributed by atoms with Gasteiger partial charge in [-0.1, -0.05) is 11.6 Å². The van der Waals surface area contributed by atoms with Crippen LogP contribution in [0.4, 0.5) is 27.1 Å². The zero-order chi connectivity index (χ0) is 14.3. The van der Waals surface area contributed by atoms with Crippen LogP contribution in [0.5, 0.6) is 0 Å². The second-order valence-electron chi connectivity index (χ2n) is 4.36. The van der Waals surface area contributed by atoms with Gasteiger partial charge in [-0.15, -0.1) is 11.3 Å². The molecule has 0 saturated heterocycles. The van der Waals surface area contributed by atoms with Crippen LogP contribution in [0.1, 0.15) is 0 Å². The van der Waals surface area contributed by atoms with E-state index in [0.29, 0.717) is 0 Å². The van der Waals surface area contributed by atoms with Crippen molar-refractivity contribution in [3.05, 3.63) is 46.6 Å². The van der Waals surface area contributed by atoms with E-state index in [1.807, 2.05) is 29.6 Å². The Hall–Kier alpha value is -1.98. The standard InChI is InChI=1S/C14H11ClFN3S/c15-12-9(17)6-10(18)14(13(12)16)19-8-1-2-11-7(5-8)3-4-20-11/h1-6,19H,17-18H2. The summed E-state index contributed by atoms with van der Waals surface area (Å²) < 4.78 is 15.3. The third-order valence-corrected chi connectivity index (χ3v) is 4.27. The topological polar surface area (TPSA) is 64.1 Å². The molecule has 0 atom stereocenters. The fourth-order valence-corrected chi connectivity index (χ4v) is 2.90. The second-order valence-corrected chi connectivity index (χ2v) is 5.68. The van der Waals surface area contributed by atoms with E-state index in [0.717, 1.165) is 11.1 Å². The molecule has 20 heavy (non-hydrogen) atoms. The van der Waals surface area contributed by atoms with Crippen LogP contribution in [0.15, 0.2) is 35.7 Å². The van der Waals surface area contributed by atoms with Gasteiger partial charge in [0, 0.05) is 10.4 Å². The highest BCUT2D eigenvalue weighted by atomic mass is 35.5. The number of nitrogens with one attached hydrogen (secondary N) is 1. The first-order chi connectivity index (χ1) is 9.56. The van der Waals surface area contributed by atoms with Crippen LogP contribution in [0.2, 0.25) is 5.02 Å². The summed E-state index contributed by atoms with van der Waals surface area (Å²) in [5, 5.41) is 5.92. The quantitative estimate of drug-likeness (QED) is 0.606. The Morgan fingerprint density at radius 1 is 1.10 bits per heavy atom. The predicted molar refractivity (Wildman–Crippen MR) is 85.3 cm³/mol. The molecule has 0 saturated carbocycles. The number of halogens is 2. The molecule has 1 aromatic heterocycles. The molecular weight excluding hydrogens is 297 g/mol. The van der Waals surface area contributed by atoms with Crippen molar-refractivity contribution in [3.63, 3.8) is 0 Å². The number of thiophene rings is 1. The summed E-state index contributed by atoms with van der Waals surface area (Å²) in [6.07, 6.45) is 0. The molecule has 0 unspecified atom stereocenters. The van der Waals surface area contributed by atoms with Gasteiger partial charge in [-0.3, -0.25) is 0 Å². The molecule has 0 aliphatic carbocycles. The number of nitrogen functional groups attached to an aromatic ring is 2. The van der Waals surface area contributed by atoms with Gasteiger partial charge in [-0.05, 0) is 41.1 Å². The first-order valence-corrected chi connectivity index (χ1v) is 7.09. The molecule has 0 aliphatic heterocycles. The Labute approximate surface area is 124 Å². The summed E-state index contributed by atoms with van der Waals surface area (Å²) in [6.45, 7) is 0. The Balaban J connectivity index is 2.04. The minimum atomic E-state index is -0.644. The molecule has 3 rings (SSSR count). The summed E-state index contributed by atoms with van der Waals surface area (Å²) in [6, 6.07) is 9.20. The van der Waals surface area contributed by atoms with Crippen LogP contribution in [0.25, 0.3) is 10.1 Å². The maximum atomic E-state index is 14.1. The molecule has 5 N–H and O–H groups in total. The van der Waals surface area contributed by atoms with E-state index in [9.17, 15) is 4.39 Å². The van der Waals surface area contributed by atoms with Crippen molar-refractivity contribution in [2.75, 3.05) is 16.8 Å². The largest absolute Gasteiger partial charge is 0.397 e. The Morgan fingerprint density at radius 3 is 2.70 bits per heavy atom. The summed E-state index contributed by atoms with van der Waals surface area (Å²) in [5.74, 6) is -0.644. The smallest absolute Gasteiger partial charge is 0.169 e. The number of rotatable bonds is 2. The lowest BCUT2D eigenvalue weighted by molar-refractivity contribution is 0.633. The number of anilines is 4. The molecule has 0 aliphatic rings. The third-order valence-electron chi connectivity index (χ3n) is 2.99. The number of fused-ring (bicyclic) bond motifs is 1. The van der Waals surface area contributed by atoms with Crippen LogP contribution < -0.4 is 16.8 Å². The van der Waals surface area contributed by atoms with Gasteiger partial charge < -0.3 is 16.8 Å². The molecule has 0 bridgehead atoms. The Kier molecular flexibility index (Phi) is 3.16. The van der Waals surface area contributed by atoms with Gasteiger partial charge in [0.1, 0.15) is 5.02 Å². The van der Waals surface area contributed by atoms with Gasteiger partial charge in [-0.2, -0.15) is 0 Å². The van der Waals surface area contributed by atoms with Crippen molar-refractivity contribution in [3.8, 4) is 0 Å². The molecule has 6 heteroatoms. The van der Waals surface area contributed by atoms with Crippen LogP contribution in [0.3, 0.4) is 0 Å². The maximum absolute atomic E-state index is 14.1. The van der Waals surface area contributed by atoms with Crippen molar-refractivity contribution in [2.45, 2.75) is 0 Å². The van der Waals surface area contributed by atoms with E-state index in [-0.39, 0.29) is 22.1 Å². The molecule has 2 aromatic carbocycles. The summed E-state index contributed by atoms with van der Waals surface area (Å²) >= 11 is 7.45. The monoisotopic (exact) mass is 307 g/mol. The van der Waals surface area contributed by atoms with Crippen molar-refractivity contribution in [1.82, 2.24) is 0 Å². The van der Waals surface area contributed by atoms with Gasteiger partial charge in [0.25, 0.3) is 0 Å². The number of benzene rings is 2. The lowest BCUT2D eigenvalue weighted by Gasteiger charge is -2.13. The SMILES string of the molecule is Nc1cc(N)c(Nc2ccc3sccc3c2)c(F)c1Cl. The highest BCUT2D eigenvalue weighted by Crippen LogP contribution is 2.36. The van der Waals surface area contributed by atoms with Crippen molar-refractivity contribution in [2.24, 2.45) is 0 Å². The first kappa shape index (κ1) is 13.0. The highest BCUT2D eigenvalue weighted by Gasteiger charge is 2.14. The zero-order valence-corrected chi connectivity index (χ0v) is 11.9. The van der Waals surface area contributed by atoms with Crippen molar-refractivity contribution in [1.29, 1.82) is 0 Å². The fraction of sp³-hybridized carbons (Fsp3) is 0. The number of nitrogens with two attached hydrogens (primary N) is 2. The number of hydrogen-bond donors (Lipinski definition) is 3. The maximum Gasteiger partial charge on any atom is 0.169 e. The fourth-order valence-electron chi connectivity index (χ4n) is 1.98. The highest BCUT2D eigenvalue weighted by molar-refractivity contribution is 7.17. The van der Waals surface area contributed by atoms with E-state index < -0.39 is 5.82 Å². The molecule has 0 radical (unpaired) electrons. The average molecular weight is 308 g/mol. The molecule has 3 nitrogen and oxygen atoms in total. The molecule has 3 aromatic rings. The Morgan fingerprint density at radius 2 is 1.90 bits per heavy atom. The van der Waals surface area contributed by atoms with E-state index in [4.69, 9.17) is 23.1 Å². The van der Waals surface area contributed by atoms with Crippen molar-refractivity contribution < 1.29 is 4.39 Å². The molecular formula is C14H11ClFN3S. The van der Waals surface area contributed by atoms with Crippen LogP contribution >= 0.6 is 22.9 Å². The first-order valence-electron chi connectivity index (χ1n) is 5.83. The lowest BCUT2D eigenvalue weighted by atomic mass is 10.2. The average Bonchev–Trinajstić information content (AvgIpc) is 2.88. The molecule has 1 heterocycles. The molecule has 0 spiro atoms. The second kappa shape index (κ2) is 4.85. The lowest BCUT2D eigenvalue weighted by Crippen LogP contribution is -2.02. The van der Waals surface area contributed by atoms with E-state index in [1.165, 1.54) is 10.8 Å². The summed E-state index contributed by atoms with van der Waals surface area (Å²) in [5.41, 5.74) is 12.6. The molecule has 102 valence electrons. The van der Waals surface area contributed by atoms with Gasteiger partial charge in [0.2, 0.25) is 0 Å². The molecule has 0 fully saturated rings. The van der Waals surface area contributed by atoms with Gasteiger partial charge in [0.05, 0.1) is 17.1 Å². The van der Waals surface area contributed by atoms with E-state index >= 15 is 0 Å². The summed E-state index contributed by atoms with van der Waals surface area (Å²) in [7, 11) is 0. The normalized spacial score (nSPS) is 10.9. The van der Waals surface area contributed by atoms with E-state index in [1.54, 1.807) is 11.3 Å². The van der Waals surface area contributed by atoms with Gasteiger partial charge in [0.15, 0.2) is 5.82 Å². The van der Waals surface area contributed by atoms with Crippen molar-refractivity contribution >= 4 is 55.8 Å².